The van der Waals surface area contributed by atoms with Gasteiger partial charge in [-0.05, 0) is 47.1 Å². The fourth-order valence-corrected chi connectivity index (χ4v) is 4.34. The summed E-state index contributed by atoms with van der Waals surface area (Å²) in [5, 5.41) is 3.90. The fraction of sp³-hybridized carbons (Fsp3) is 0.562. The van der Waals surface area contributed by atoms with Crippen molar-refractivity contribution in [1.29, 1.82) is 0 Å². The maximum Gasteiger partial charge on any atom is 0.263 e. The highest BCUT2D eigenvalue weighted by Crippen LogP contribution is 2.29. The Morgan fingerprint density at radius 3 is 2.57 bits per heavy atom. The fourth-order valence-electron chi connectivity index (χ4n) is 2.29. The zero-order valence-electron chi connectivity index (χ0n) is 14.4. The molecule has 0 aliphatic heterocycles. The first kappa shape index (κ1) is 18.0. The zero-order valence-corrected chi connectivity index (χ0v) is 16.0. The average molecular weight is 354 g/mol. The van der Waals surface area contributed by atoms with Gasteiger partial charge in [0.25, 0.3) is 5.56 Å². The minimum absolute atomic E-state index is 0.0154. The minimum Gasteiger partial charge on any atom is -0.353 e. The SMILES string of the molecule is CCn1c(S[C@H](C)C(=O)NC(C)C)nc2sc(C)c(C)c2c1=O. The van der Waals surface area contributed by atoms with Crippen LogP contribution in [0.15, 0.2) is 9.95 Å². The third-order valence-electron chi connectivity index (χ3n) is 3.65. The number of rotatable bonds is 5. The van der Waals surface area contributed by atoms with Crippen LogP contribution in [0.3, 0.4) is 0 Å². The number of nitrogens with zero attached hydrogens (tertiary/aromatic N) is 2. The molecule has 0 fully saturated rings. The maximum absolute atomic E-state index is 12.8. The van der Waals surface area contributed by atoms with Gasteiger partial charge < -0.3 is 5.32 Å². The molecule has 0 aliphatic rings. The summed E-state index contributed by atoms with van der Waals surface area (Å²) in [5.74, 6) is -0.0412. The van der Waals surface area contributed by atoms with E-state index in [1.54, 1.807) is 4.57 Å². The van der Waals surface area contributed by atoms with Crippen LogP contribution in [0.25, 0.3) is 10.2 Å². The van der Waals surface area contributed by atoms with Gasteiger partial charge in [-0.15, -0.1) is 11.3 Å². The Kier molecular flexibility index (Phi) is 5.52. The molecule has 2 aromatic heterocycles. The van der Waals surface area contributed by atoms with Gasteiger partial charge in [-0.25, -0.2) is 4.98 Å². The standard InChI is InChI=1S/C16H23N3O2S2/c1-7-19-15(21)12-9(4)10(5)22-14(12)18-16(19)23-11(6)13(20)17-8(2)3/h8,11H,7H2,1-6H3,(H,17,20)/t11-/m1/s1. The molecule has 23 heavy (non-hydrogen) atoms. The summed E-state index contributed by atoms with van der Waals surface area (Å²) in [5.41, 5.74) is 0.991. The number of amides is 1. The number of nitrogens with one attached hydrogen (secondary N) is 1. The second-order valence-corrected chi connectivity index (χ2v) is 8.34. The summed E-state index contributed by atoms with van der Waals surface area (Å²) < 4.78 is 1.66. The number of aryl methyl sites for hydroxylation is 2. The van der Waals surface area contributed by atoms with Crippen LogP contribution in [-0.2, 0) is 11.3 Å². The van der Waals surface area contributed by atoms with Crippen molar-refractivity contribution in [2.45, 2.75) is 64.5 Å². The number of thiophene rings is 1. The summed E-state index contributed by atoms with van der Waals surface area (Å²) in [6.07, 6.45) is 0. The Bertz CT molecular complexity index is 793. The highest BCUT2D eigenvalue weighted by atomic mass is 32.2. The summed E-state index contributed by atoms with van der Waals surface area (Å²) >= 11 is 2.87. The van der Waals surface area contributed by atoms with E-state index in [-0.39, 0.29) is 22.8 Å². The lowest BCUT2D eigenvalue weighted by molar-refractivity contribution is -0.120. The van der Waals surface area contributed by atoms with Gasteiger partial charge >= 0.3 is 0 Å². The van der Waals surface area contributed by atoms with Crippen molar-refractivity contribution in [3.63, 3.8) is 0 Å². The summed E-state index contributed by atoms with van der Waals surface area (Å²) in [6, 6.07) is 0.0944. The minimum atomic E-state index is -0.304. The average Bonchev–Trinajstić information content (AvgIpc) is 2.73. The van der Waals surface area contributed by atoms with Gasteiger partial charge in [0.05, 0.1) is 10.6 Å². The number of carbonyl (C=O) groups excluding carboxylic acids is 1. The number of hydrogen-bond donors (Lipinski definition) is 1. The Morgan fingerprint density at radius 2 is 2.00 bits per heavy atom. The van der Waals surface area contributed by atoms with Crippen LogP contribution in [0, 0.1) is 13.8 Å². The Balaban J connectivity index is 2.45. The van der Waals surface area contributed by atoms with E-state index in [9.17, 15) is 9.59 Å². The van der Waals surface area contributed by atoms with Gasteiger partial charge in [-0.1, -0.05) is 11.8 Å². The largest absolute Gasteiger partial charge is 0.353 e. The number of thioether (sulfide) groups is 1. The van der Waals surface area contributed by atoms with Crippen LogP contribution in [0.2, 0.25) is 0 Å². The third-order valence-corrected chi connectivity index (χ3v) is 5.84. The molecule has 0 bridgehead atoms. The molecule has 0 unspecified atom stereocenters. The van der Waals surface area contributed by atoms with E-state index < -0.39 is 0 Å². The summed E-state index contributed by atoms with van der Waals surface area (Å²) in [4.78, 5) is 31.4. The first-order chi connectivity index (χ1) is 10.8. The summed E-state index contributed by atoms with van der Waals surface area (Å²) in [7, 11) is 0. The van der Waals surface area contributed by atoms with Gasteiger partial charge in [0.15, 0.2) is 5.16 Å². The molecule has 2 heterocycles. The number of hydrogen-bond acceptors (Lipinski definition) is 5. The number of fused-ring (bicyclic) bond motifs is 1. The molecule has 0 radical (unpaired) electrons. The van der Waals surface area contributed by atoms with Crippen molar-refractivity contribution in [1.82, 2.24) is 14.9 Å². The van der Waals surface area contributed by atoms with Gasteiger partial charge in [0.2, 0.25) is 5.91 Å². The molecule has 0 saturated carbocycles. The van der Waals surface area contributed by atoms with Crippen LogP contribution < -0.4 is 10.9 Å². The molecule has 2 aromatic rings. The molecule has 0 spiro atoms. The van der Waals surface area contributed by atoms with Crippen LogP contribution >= 0.6 is 23.1 Å². The van der Waals surface area contributed by atoms with Gasteiger partial charge in [-0.2, -0.15) is 0 Å². The highest BCUT2D eigenvalue weighted by Gasteiger charge is 2.21. The topological polar surface area (TPSA) is 64.0 Å². The van der Waals surface area contributed by atoms with E-state index in [0.29, 0.717) is 17.1 Å². The molecule has 0 saturated heterocycles. The second kappa shape index (κ2) is 7.05. The molecule has 2 rings (SSSR count). The van der Waals surface area contributed by atoms with Gasteiger partial charge in [-0.3, -0.25) is 14.2 Å². The number of carbonyl (C=O) groups is 1. The Labute approximate surface area is 144 Å². The predicted molar refractivity (Wildman–Crippen MR) is 97.6 cm³/mol. The van der Waals surface area contributed by atoms with Crippen LogP contribution in [-0.4, -0.2) is 26.8 Å². The van der Waals surface area contributed by atoms with Crippen LogP contribution in [0.5, 0.6) is 0 Å². The smallest absolute Gasteiger partial charge is 0.263 e. The molecule has 1 N–H and O–H groups in total. The first-order valence-corrected chi connectivity index (χ1v) is 9.43. The highest BCUT2D eigenvalue weighted by molar-refractivity contribution is 8.00. The van der Waals surface area contributed by atoms with Crippen LogP contribution in [0.1, 0.15) is 38.1 Å². The lowest BCUT2D eigenvalue weighted by atomic mass is 10.2. The lowest BCUT2D eigenvalue weighted by Gasteiger charge is -2.16. The van der Waals surface area contributed by atoms with Crippen molar-refractivity contribution < 1.29 is 4.79 Å². The molecule has 1 atom stereocenters. The first-order valence-electron chi connectivity index (χ1n) is 7.73. The lowest BCUT2D eigenvalue weighted by Crippen LogP contribution is -2.36. The van der Waals surface area contributed by atoms with Gasteiger partial charge in [0, 0.05) is 17.5 Å². The van der Waals surface area contributed by atoms with E-state index in [4.69, 9.17) is 0 Å². The normalized spacial score (nSPS) is 12.8. The second-order valence-electron chi connectivity index (χ2n) is 5.83. The number of aromatic nitrogens is 2. The molecule has 0 aromatic carbocycles. The molecule has 5 nitrogen and oxygen atoms in total. The molecular formula is C16H23N3O2S2. The van der Waals surface area contributed by atoms with Crippen LogP contribution in [0.4, 0.5) is 0 Å². The quantitative estimate of drug-likeness (QED) is 0.663. The molecular weight excluding hydrogens is 330 g/mol. The molecule has 126 valence electrons. The maximum atomic E-state index is 12.8. The third kappa shape index (κ3) is 3.61. The Morgan fingerprint density at radius 1 is 1.35 bits per heavy atom. The Hall–Kier alpha value is -1.34. The zero-order chi connectivity index (χ0) is 17.3. The van der Waals surface area contributed by atoms with E-state index in [1.165, 1.54) is 23.1 Å². The van der Waals surface area contributed by atoms with Crippen molar-refractivity contribution in [3.05, 3.63) is 20.8 Å². The van der Waals surface area contributed by atoms with Crippen molar-refractivity contribution in [2.75, 3.05) is 0 Å². The van der Waals surface area contributed by atoms with Crippen molar-refractivity contribution >= 4 is 39.2 Å². The van der Waals surface area contributed by atoms with E-state index in [2.05, 4.69) is 10.3 Å². The van der Waals surface area contributed by atoms with E-state index in [0.717, 1.165) is 15.3 Å². The molecule has 0 aliphatic carbocycles. The molecule has 7 heteroatoms. The van der Waals surface area contributed by atoms with Gasteiger partial charge in [0.1, 0.15) is 4.83 Å². The monoisotopic (exact) mass is 353 g/mol. The summed E-state index contributed by atoms with van der Waals surface area (Å²) in [6.45, 7) is 12.1. The molecule has 1 amide bonds. The van der Waals surface area contributed by atoms with E-state index >= 15 is 0 Å². The predicted octanol–water partition coefficient (Wildman–Crippen LogP) is 3.10. The van der Waals surface area contributed by atoms with Crippen molar-refractivity contribution in [2.24, 2.45) is 0 Å². The van der Waals surface area contributed by atoms with E-state index in [1.807, 2.05) is 41.5 Å². The van der Waals surface area contributed by atoms with Crippen molar-refractivity contribution in [3.8, 4) is 0 Å².